The fourth-order valence-corrected chi connectivity index (χ4v) is 0.603. The molecule has 0 aromatic carbocycles. The highest BCUT2D eigenvalue weighted by molar-refractivity contribution is 5.88. The number of rotatable bonds is 3. The first kappa shape index (κ1) is 8.95. The summed E-state index contributed by atoms with van der Waals surface area (Å²) in [5.41, 5.74) is 0.882. The molecule has 0 spiro atoms. The van der Waals surface area contributed by atoms with Crippen molar-refractivity contribution in [3.8, 4) is 0 Å². The van der Waals surface area contributed by atoms with Gasteiger partial charge in [0.25, 0.3) is 0 Å². The van der Waals surface area contributed by atoms with Crippen LogP contribution in [0.25, 0.3) is 0 Å². The van der Waals surface area contributed by atoms with Crippen LogP contribution in [0.15, 0.2) is 24.4 Å². The maximum Gasteiger partial charge on any atom is 0.247 e. The van der Waals surface area contributed by atoms with Crippen molar-refractivity contribution in [2.24, 2.45) is 0 Å². The number of hydrogen-bond acceptors (Lipinski definition) is 1. The van der Waals surface area contributed by atoms with Gasteiger partial charge >= 0.3 is 0 Å². The van der Waals surface area contributed by atoms with Crippen molar-refractivity contribution >= 4 is 5.91 Å². The summed E-state index contributed by atoms with van der Waals surface area (Å²) in [4.78, 5) is 10.6. The third-order valence-electron chi connectivity index (χ3n) is 1.02. The van der Waals surface area contributed by atoms with Crippen LogP contribution in [0.2, 0.25) is 0 Å². The number of carbonyl (C=O) groups excluding carboxylic acids is 1. The second-order valence-electron chi connectivity index (χ2n) is 1.99. The van der Waals surface area contributed by atoms with Gasteiger partial charge in [-0.15, -0.1) is 0 Å². The Morgan fingerprint density at radius 2 is 2.30 bits per heavy atom. The monoisotopic (exact) mass is 139 g/mol. The lowest BCUT2D eigenvalue weighted by Crippen LogP contribution is -2.17. The van der Waals surface area contributed by atoms with Crippen molar-refractivity contribution in [1.82, 2.24) is 5.32 Å². The number of allylic oxidation sites excluding steroid dienone is 2. The predicted octanol–water partition coefficient (Wildman–Crippen LogP) is 1.60. The van der Waals surface area contributed by atoms with Crippen LogP contribution in [-0.2, 0) is 4.79 Å². The molecule has 56 valence electrons. The molecule has 0 aromatic rings. The summed E-state index contributed by atoms with van der Waals surface area (Å²) in [6.45, 7) is 7.20. The van der Waals surface area contributed by atoms with Crippen molar-refractivity contribution < 1.29 is 4.79 Å². The van der Waals surface area contributed by atoms with Crippen molar-refractivity contribution in [2.45, 2.75) is 20.3 Å². The van der Waals surface area contributed by atoms with Crippen molar-refractivity contribution in [1.29, 1.82) is 0 Å². The van der Waals surface area contributed by atoms with Gasteiger partial charge in [0, 0.05) is 5.70 Å². The second-order valence-corrected chi connectivity index (χ2v) is 1.99. The largest absolute Gasteiger partial charge is 0.327 e. The van der Waals surface area contributed by atoms with E-state index < -0.39 is 0 Å². The Balaban J connectivity index is 3.78. The van der Waals surface area contributed by atoms with E-state index in [0.717, 1.165) is 12.1 Å². The normalized spacial score (nSPS) is 10.8. The van der Waals surface area contributed by atoms with Gasteiger partial charge in [-0.25, -0.2) is 0 Å². The molecular formula is C8H13NO. The van der Waals surface area contributed by atoms with Crippen LogP contribution in [0, 0.1) is 0 Å². The quantitative estimate of drug-likeness (QED) is 0.591. The minimum absolute atomic E-state index is 0.151. The van der Waals surface area contributed by atoms with Crippen LogP contribution in [-0.4, -0.2) is 5.91 Å². The SMILES string of the molecule is C=CC(=O)NC(C)=CCC. The van der Waals surface area contributed by atoms with Crippen LogP contribution >= 0.6 is 0 Å². The third kappa shape index (κ3) is 3.89. The lowest BCUT2D eigenvalue weighted by atomic mass is 10.3. The number of carbonyl (C=O) groups is 1. The topological polar surface area (TPSA) is 29.1 Å². The van der Waals surface area contributed by atoms with Crippen molar-refractivity contribution in [3.05, 3.63) is 24.4 Å². The molecule has 0 rings (SSSR count). The molecule has 1 amide bonds. The van der Waals surface area contributed by atoms with E-state index in [1.165, 1.54) is 6.08 Å². The molecule has 2 heteroatoms. The lowest BCUT2D eigenvalue weighted by Gasteiger charge is -1.99. The van der Waals surface area contributed by atoms with E-state index in [2.05, 4.69) is 11.9 Å². The zero-order valence-electron chi connectivity index (χ0n) is 6.48. The Morgan fingerprint density at radius 1 is 1.70 bits per heavy atom. The van der Waals surface area contributed by atoms with Crippen LogP contribution in [0.4, 0.5) is 0 Å². The highest BCUT2D eigenvalue weighted by Crippen LogP contribution is 1.88. The molecule has 0 bridgehead atoms. The lowest BCUT2D eigenvalue weighted by molar-refractivity contribution is -0.115. The van der Waals surface area contributed by atoms with Gasteiger partial charge in [0.05, 0.1) is 0 Å². The van der Waals surface area contributed by atoms with E-state index >= 15 is 0 Å². The molecule has 0 aliphatic heterocycles. The molecule has 2 nitrogen and oxygen atoms in total. The molecule has 10 heavy (non-hydrogen) atoms. The average molecular weight is 139 g/mol. The van der Waals surface area contributed by atoms with E-state index in [1.54, 1.807) is 0 Å². The Hall–Kier alpha value is -1.05. The van der Waals surface area contributed by atoms with Gasteiger partial charge in [-0.1, -0.05) is 19.6 Å². The highest BCUT2D eigenvalue weighted by Gasteiger charge is 1.91. The molecule has 0 atom stereocenters. The zero-order valence-corrected chi connectivity index (χ0v) is 6.48. The van der Waals surface area contributed by atoms with Crippen molar-refractivity contribution in [2.75, 3.05) is 0 Å². The van der Waals surface area contributed by atoms with E-state index in [4.69, 9.17) is 0 Å². The molecule has 0 saturated carbocycles. The van der Waals surface area contributed by atoms with Gasteiger partial charge in [-0.05, 0) is 19.4 Å². The Bertz CT molecular complexity index is 159. The van der Waals surface area contributed by atoms with Crippen LogP contribution in [0.3, 0.4) is 0 Å². The van der Waals surface area contributed by atoms with Crippen LogP contribution in [0.1, 0.15) is 20.3 Å². The summed E-state index contributed by atoms with van der Waals surface area (Å²) in [5.74, 6) is -0.151. The molecule has 0 heterocycles. The smallest absolute Gasteiger partial charge is 0.247 e. The second kappa shape index (κ2) is 4.79. The Labute approximate surface area is 61.6 Å². The Kier molecular flexibility index (Phi) is 4.29. The van der Waals surface area contributed by atoms with Gasteiger partial charge in [-0.3, -0.25) is 4.79 Å². The number of amides is 1. The molecule has 0 aliphatic rings. The maximum absolute atomic E-state index is 10.6. The summed E-state index contributed by atoms with van der Waals surface area (Å²) < 4.78 is 0. The molecular weight excluding hydrogens is 126 g/mol. The van der Waals surface area contributed by atoms with Gasteiger partial charge in [0.2, 0.25) is 5.91 Å². The Morgan fingerprint density at radius 3 is 2.70 bits per heavy atom. The summed E-state index contributed by atoms with van der Waals surface area (Å²) in [5, 5.41) is 2.63. The van der Waals surface area contributed by atoms with E-state index in [0.29, 0.717) is 0 Å². The summed E-state index contributed by atoms with van der Waals surface area (Å²) in [6.07, 6.45) is 4.14. The first-order chi connectivity index (χ1) is 4.70. The summed E-state index contributed by atoms with van der Waals surface area (Å²) >= 11 is 0. The average Bonchev–Trinajstić information content (AvgIpc) is 1.88. The van der Waals surface area contributed by atoms with Gasteiger partial charge in [0.1, 0.15) is 0 Å². The molecule has 0 saturated heterocycles. The standard InChI is InChI=1S/C8H13NO/c1-4-6-7(3)9-8(10)5-2/h5-6H,2,4H2,1,3H3,(H,9,10). The predicted molar refractivity (Wildman–Crippen MR) is 42.4 cm³/mol. The third-order valence-corrected chi connectivity index (χ3v) is 1.02. The van der Waals surface area contributed by atoms with E-state index in [-0.39, 0.29) is 5.91 Å². The van der Waals surface area contributed by atoms with Gasteiger partial charge < -0.3 is 5.32 Å². The van der Waals surface area contributed by atoms with Gasteiger partial charge in [0.15, 0.2) is 0 Å². The fourth-order valence-electron chi connectivity index (χ4n) is 0.603. The first-order valence-electron chi connectivity index (χ1n) is 3.31. The number of nitrogens with one attached hydrogen (secondary N) is 1. The van der Waals surface area contributed by atoms with E-state index in [1.807, 2.05) is 19.9 Å². The van der Waals surface area contributed by atoms with Crippen LogP contribution < -0.4 is 5.32 Å². The molecule has 1 N–H and O–H groups in total. The van der Waals surface area contributed by atoms with E-state index in [9.17, 15) is 4.79 Å². The molecule has 0 aromatic heterocycles. The molecule has 0 unspecified atom stereocenters. The van der Waals surface area contributed by atoms with Crippen molar-refractivity contribution in [3.63, 3.8) is 0 Å². The summed E-state index contributed by atoms with van der Waals surface area (Å²) in [6, 6.07) is 0. The fraction of sp³-hybridized carbons (Fsp3) is 0.375. The highest BCUT2D eigenvalue weighted by atomic mass is 16.1. The zero-order chi connectivity index (χ0) is 7.98. The maximum atomic E-state index is 10.6. The number of hydrogen-bond donors (Lipinski definition) is 1. The minimum Gasteiger partial charge on any atom is -0.327 e. The molecule has 0 radical (unpaired) electrons. The molecule has 0 fully saturated rings. The minimum atomic E-state index is -0.151. The van der Waals surface area contributed by atoms with Crippen LogP contribution in [0.5, 0.6) is 0 Å². The molecule has 0 aliphatic carbocycles. The first-order valence-corrected chi connectivity index (χ1v) is 3.31. The van der Waals surface area contributed by atoms with Gasteiger partial charge in [-0.2, -0.15) is 0 Å². The summed E-state index contributed by atoms with van der Waals surface area (Å²) in [7, 11) is 0.